The molecule has 0 bridgehead atoms. The smallest absolute Gasteiger partial charge is 0.265 e. The van der Waals surface area contributed by atoms with Gasteiger partial charge in [-0.25, -0.2) is 0 Å². The quantitative estimate of drug-likeness (QED) is 0.854. The molecular weight excluding hydrogens is 294 g/mol. The summed E-state index contributed by atoms with van der Waals surface area (Å²) >= 11 is 7.31. The Hall–Kier alpha value is -1.80. The van der Waals surface area contributed by atoms with Gasteiger partial charge in [-0.1, -0.05) is 29.5 Å². The lowest BCUT2D eigenvalue weighted by Gasteiger charge is -2.06. The van der Waals surface area contributed by atoms with E-state index in [1.54, 1.807) is 24.3 Å². The minimum Gasteiger partial charge on any atom is -0.395 e. The second kappa shape index (κ2) is 7.11. The minimum absolute atomic E-state index is 0.00442. The van der Waals surface area contributed by atoms with E-state index >= 15 is 0 Å². The van der Waals surface area contributed by atoms with Crippen LogP contribution in [-0.4, -0.2) is 17.6 Å². The SMILES string of the molecule is O=C(Nc1ccc(Cl)cc1C#CCCO)c1cccs1. The molecule has 1 heterocycles. The molecule has 102 valence electrons. The number of anilines is 1. The molecule has 0 saturated carbocycles. The van der Waals surface area contributed by atoms with Crippen LogP contribution in [0.3, 0.4) is 0 Å². The number of aliphatic hydroxyl groups is 1. The highest BCUT2D eigenvalue weighted by Gasteiger charge is 2.09. The largest absolute Gasteiger partial charge is 0.395 e. The van der Waals surface area contributed by atoms with Crippen molar-refractivity contribution in [3.8, 4) is 11.8 Å². The molecular formula is C15H12ClNO2S. The molecule has 1 aromatic carbocycles. The number of hydrogen-bond acceptors (Lipinski definition) is 3. The van der Waals surface area contributed by atoms with Crippen LogP contribution in [0.2, 0.25) is 5.02 Å². The van der Waals surface area contributed by atoms with Crippen LogP contribution in [0.5, 0.6) is 0 Å². The summed E-state index contributed by atoms with van der Waals surface area (Å²) in [6, 6.07) is 8.69. The fraction of sp³-hybridized carbons (Fsp3) is 0.133. The summed E-state index contributed by atoms with van der Waals surface area (Å²) in [5.74, 6) is 5.55. The normalized spacial score (nSPS) is 9.70. The monoisotopic (exact) mass is 305 g/mol. The predicted octanol–water partition coefficient (Wildman–Crippen LogP) is 3.39. The van der Waals surface area contributed by atoms with Gasteiger partial charge in [0.15, 0.2) is 0 Å². The predicted molar refractivity (Wildman–Crippen MR) is 82.3 cm³/mol. The van der Waals surface area contributed by atoms with Crippen LogP contribution in [0, 0.1) is 11.8 Å². The van der Waals surface area contributed by atoms with Crippen LogP contribution in [0.15, 0.2) is 35.7 Å². The second-order valence-corrected chi connectivity index (χ2v) is 5.28. The van der Waals surface area contributed by atoms with E-state index in [1.165, 1.54) is 11.3 Å². The molecule has 0 fully saturated rings. The van der Waals surface area contributed by atoms with Crippen molar-refractivity contribution >= 4 is 34.5 Å². The molecule has 20 heavy (non-hydrogen) atoms. The molecule has 1 amide bonds. The molecule has 0 aliphatic rings. The molecule has 2 rings (SSSR count). The molecule has 0 aliphatic carbocycles. The lowest BCUT2D eigenvalue weighted by molar-refractivity contribution is 0.103. The number of thiophene rings is 1. The lowest BCUT2D eigenvalue weighted by Crippen LogP contribution is -2.11. The fourth-order valence-electron chi connectivity index (χ4n) is 1.53. The van der Waals surface area contributed by atoms with Gasteiger partial charge in [-0.05, 0) is 29.6 Å². The van der Waals surface area contributed by atoms with E-state index in [9.17, 15) is 4.79 Å². The van der Waals surface area contributed by atoms with Crippen molar-refractivity contribution < 1.29 is 9.90 Å². The number of halogens is 1. The zero-order valence-corrected chi connectivity index (χ0v) is 12.1. The number of nitrogens with one attached hydrogen (secondary N) is 1. The summed E-state index contributed by atoms with van der Waals surface area (Å²) in [5, 5.41) is 14.0. The van der Waals surface area contributed by atoms with E-state index < -0.39 is 0 Å². The Morgan fingerprint density at radius 3 is 2.95 bits per heavy atom. The van der Waals surface area contributed by atoms with Crippen LogP contribution in [0.25, 0.3) is 0 Å². The third-order valence-electron chi connectivity index (χ3n) is 2.43. The maximum absolute atomic E-state index is 12.0. The van der Waals surface area contributed by atoms with Gasteiger partial charge in [0.25, 0.3) is 5.91 Å². The molecule has 5 heteroatoms. The summed E-state index contributed by atoms with van der Waals surface area (Å²) in [7, 11) is 0. The minimum atomic E-state index is -0.174. The molecule has 0 saturated heterocycles. The van der Waals surface area contributed by atoms with Gasteiger partial charge in [0, 0.05) is 17.0 Å². The zero-order valence-electron chi connectivity index (χ0n) is 10.5. The van der Waals surface area contributed by atoms with E-state index in [4.69, 9.17) is 16.7 Å². The highest BCUT2D eigenvalue weighted by Crippen LogP contribution is 2.21. The Bertz CT molecular complexity index is 656. The average molecular weight is 306 g/mol. The number of carbonyl (C=O) groups is 1. The Labute approximate surface area is 126 Å². The van der Waals surface area contributed by atoms with Gasteiger partial charge in [0.2, 0.25) is 0 Å². The topological polar surface area (TPSA) is 49.3 Å². The summed E-state index contributed by atoms with van der Waals surface area (Å²) < 4.78 is 0. The molecule has 0 spiro atoms. The first-order valence-corrected chi connectivity index (χ1v) is 7.20. The maximum Gasteiger partial charge on any atom is 0.265 e. The summed E-state index contributed by atoms with van der Waals surface area (Å²) in [5.41, 5.74) is 1.24. The highest BCUT2D eigenvalue weighted by molar-refractivity contribution is 7.12. The van der Waals surface area contributed by atoms with Crippen LogP contribution < -0.4 is 5.32 Å². The second-order valence-electron chi connectivity index (χ2n) is 3.90. The third-order valence-corrected chi connectivity index (χ3v) is 3.54. The van der Waals surface area contributed by atoms with Gasteiger partial charge in [-0.3, -0.25) is 4.79 Å². The number of hydrogen-bond donors (Lipinski definition) is 2. The van der Waals surface area contributed by atoms with Gasteiger partial charge >= 0.3 is 0 Å². The van der Waals surface area contributed by atoms with E-state index in [-0.39, 0.29) is 12.5 Å². The number of amides is 1. The maximum atomic E-state index is 12.0. The van der Waals surface area contributed by atoms with Crippen molar-refractivity contribution in [3.63, 3.8) is 0 Å². The molecule has 0 unspecified atom stereocenters. The van der Waals surface area contributed by atoms with E-state index in [0.717, 1.165) is 0 Å². The van der Waals surface area contributed by atoms with Crippen LogP contribution in [-0.2, 0) is 0 Å². The Morgan fingerprint density at radius 2 is 2.25 bits per heavy atom. The van der Waals surface area contributed by atoms with Crippen molar-refractivity contribution in [2.24, 2.45) is 0 Å². The number of aliphatic hydroxyl groups excluding tert-OH is 1. The summed E-state index contributed by atoms with van der Waals surface area (Å²) in [4.78, 5) is 12.7. The van der Waals surface area contributed by atoms with E-state index in [2.05, 4.69) is 17.2 Å². The van der Waals surface area contributed by atoms with Crippen molar-refractivity contribution in [1.82, 2.24) is 0 Å². The van der Waals surface area contributed by atoms with Crippen molar-refractivity contribution in [3.05, 3.63) is 51.2 Å². The summed E-state index contributed by atoms with van der Waals surface area (Å²) in [6.07, 6.45) is 0.380. The Morgan fingerprint density at radius 1 is 1.40 bits per heavy atom. The van der Waals surface area contributed by atoms with Gasteiger partial charge in [-0.2, -0.15) is 0 Å². The van der Waals surface area contributed by atoms with Crippen molar-refractivity contribution in [2.75, 3.05) is 11.9 Å². The molecule has 3 nitrogen and oxygen atoms in total. The molecule has 0 atom stereocenters. The zero-order chi connectivity index (χ0) is 14.4. The lowest BCUT2D eigenvalue weighted by atomic mass is 10.1. The van der Waals surface area contributed by atoms with Gasteiger partial charge < -0.3 is 10.4 Å². The molecule has 2 aromatic rings. The number of rotatable bonds is 3. The first-order chi connectivity index (χ1) is 9.70. The third kappa shape index (κ3) is 3.84. The average Bonchev–Trinajstić information content (AvgIpc) is 2.96. The van der Waals surface area contributed by atoms with Gasteiger partial charge in [-0.15, -0.1) is 11.3 Å². The molecule has 0 aliphatic heterocycles. The Balaban J connectivity index is 2.23. The molecule has 2 N–H and O–H groups in total. The number of benzene rings is 1. The molecule has 1 aromatic heterocycles. The van der Waals surface area contributed by atoms with Crippen LogP contribution in [0.1, 0.15) is 21.7 Å². The van der Waals surface area contributed by atoms with Gasteiger partial charge in [0.1, 0.15) is 0 Å². The van der Waals surface area contributed by atoms with E-state index in [0.29, 0.717) is 27.6 Å². The first kappa shape index (κ1) is 14.6. The fourth-order valence-corrected chi connectivity index (χ4v) is 2.33. The standard InChI is InChI=1S/C15H12ClNO2S/c16-12-6-7-13(11(10-12)4-1-2-8-18)17-15(19)14-5-3-9-20-14/h3,5-7,9-10,18H,2,8H2,(H,17,19). The van der Waals surface area contributed by atoms with Crippen molar-refractivity contribution in [2.45, 2.75) is 6.42 Å². The van der Waals surface area contributed by atoms with Crippen molar-refractivity contribution in [1.29, 1.82) is 0 Å². The highest BCUT2D eigenvalue weighted by atomic mass is 35.5. The summed E-state index contributed by atoms with van der Waals surface area (Å²) in [6.45, 7) is 0.00442. The van der Waals surface area contributed by atoms with Gasteiger partial charge in [0.05, 0.1) is 17.2 Å². The first-order valence-electron chi connectivity index (χ1n) is 5.95. The Kier molecular flexibility index (Phi) is 5.19. The van der Waals surface area contributed by atoms with E-state index in [1.807, 2.05) is 11.4 Å². The number of carbonyl (C=O) groups excluding carboxylic acids is 1. The van der Waals surface area contributed by atoms with Crippen LogP contribution >= 0.6 is 22.9 Å². The van der Waals surface area contributed by atoms with Crippen LogP contribution in [0.4, 0.5) is 5.69 Å². The molecule has 0 radical (unpaired) electrons.